The molecule has 0 bridgehead atoms. The van der Waals surface area contributed by atoms with E-state index < -0.39 is 0 Å². The first-order chi connectivity index (χ1) is 9.11. The summed E-state index contributed by atoms with van der Waals surface area (Å²) in [4.78, 5) is 4.36. The normalized spacial score (nSPS) is 10.5. The average molecular weight is 260 g/mol. The van der Waals surface area contributed by atoms with Crippen molar-refractivity contribution in [2.45, 2.75) is 20.4 Å². The quantitative estimate of drug-likeness (QED) is 0.915. The van der Waals surface area contributed by atoms with Crippen molar-refractivity contribution in [3.8, 4) is 11.6 Å². The molecule has 2 aromatic rings. The second kappa shape index (κ2) is 5.80. The van der Waals surface area contributed by atoms with E-state index in [0.717, 1.165) is 16.8 Å². The fraction of sp³-hybridized carbons (Fsp3) is 0.267. The van der Waals surface area contributed by atoms with Crippen molar-refractivity contribution >= 4 is 0 Å². The molecular formula is C15H17FN2O. The maximum absolute atomic E-state index is 13.6. The summed E-state index contributed by atoms with van der Waals surface area (Å²) in [5.41, 5.74) is 2.87. The minimum absolute atomic E-state index is 0.192. The Morgan fingerprint density at radius 1 is 1.26 bits per heavy atom. The van der Waals surface area contributed by atoms with E-state index in [2.05, 4.69) is 10.3 Å². The summed E-state index contributed by atoms with van der Waals surface area (Å²) in [5, 5.41) is 3.07. The van der Waals surface area contributed by atoms with Crippen LogP contribution >= 0.6 is 0 Å². The Morgan fingerprint density at radius 2 is 2.00 bits per heavy atom. The standard InChI is InChI=1S/C15H17FN2O/c1-10-8-11(2)18-15(12(10)9-17-3)19-14-7-5-4-6-13(14)16/h4-8,17H,9H2,1-3H3. The van der Waals surface area contributed by atoms with Gasteiger partial charge in [0.15, 0.2) is 11.6 Å². The van der Waals surface area contributed by atoms with Gasteiger partial charge < -0.3 is 10.1 Å². The Balaban J connectivity index is 2.41. The molecule has 0 saturated carbocycles. The molecule has 1 aromatic carbocycles. The van der Waals surface area contributed by atoms with Crippen LogP contribution in [0, 0.1) is 19.7 Å². The number of aryl methyl sites for hydroxylation is 2. The molecule has 19 heavy (non-hydrogen) atoms. The molecule has 0 unspecified atom stereocenters. The van der Waals surface area contributed by atoms with Crippen LogP contribution in [0.2, 0.25) is 0 Å². The summed E-state index contributed by atoms with van der Waals surface area (Å²) in [6.45, 7) is 4.52. The number of nitrogens with zero attached hydrogens (tertiary/aromatic N) is 1. The highest BCUT2D eigenvalue weighted by Crippen LogP contribution is 2.27. The maximum Gasteiger partial charge on any atom is 0.224 e. The zero-order valence-electron chi connectivity index (χ0n) is 11.3. The average Bonchev–Trinajstić information content (AvgIpc) is 2.36. The highest BCUT2D eigenvalue weighted by Gasteiger charge is 2.12. The number of hydrogen-bond donors (Lipinski definition) is 1. The number of pyridine rings is 1. The number of halogens is 1. The van der Waals surface area contributed by atoms with E-state index in [0.29, 0.717) is 12.4 Å². The van der Waals surface area contributed by atoms with E-state index in [-0.39, 0.29) is 11.6 Å². The van der Waals surface area contributed by atoms with E-state index >= 15 is 0 Å². The van der Waals surface area contributed by atoms with Gasteiger partial charge in [0.2, 0.25) is 5.88 Å². The number of nitrogens with one attached hydrogen (secondary N) is 1. The van der Waals surface area contributed by atoms with Crippen LogP contribution in [0.1, 0.15) is 16.8 Å². The molecule has 1 aromatic heterocycles. The molecule has 0 aliphatic carbocycles. The topological polar surface area (TPSA) is 34.2 Å². The Bertz CT molecular complexity index is 584. The predicted molar refractivity (Wildman–Crippen MR) is 72.9 cm³/mol. The second-order valence-electron chi connectivity index (χ2n) is 4.43. The van der Waals surface area contributed by atoms with Crippen molar-refractivity contribution in [3.63, 3.8) is 0 Å². The van der Waals surface area contributed by atoms with Gasteiger partial charge in [-0.15, -0.1) is 0 Å². The first kappa shape index (κ1) is 13.5. The van der Waals surface area contributed by atoms with Crippen LogP contribution in [0.3, 0.4) is 0 Å². The highest BCUT2D eigenvalue weighted by molar-refractivity contribution is 5.39. The van der Waals surface area contributed by atoms with Crippen molar-refractivity contribution in [2.75, 3.05) is 7.05 Å². The van der Waals surface area contributed by atoms with Gasteiger partial charge in [-0.25, -0.2) is 9.37 Å². The third kappa shape index (κ3) is 3.09. The van der Waals surface area contributed by atoms with Crippen molar-refractivity contribution in [1.29, 1.82) is 0 Å². The van der Waals surface area contributed by atoms with Gasteiger partial charge in [-0.05, 0) is 44.7 Å². The first-order valence-electron chi connectivity index (χ1n) is 6.16. The number of para-hydroxylation sites is 1. The zero-order chi connectivity index (χ0) is 13.8. The van der Waals surface area contributed by atoms with Gasteiger partial charge in [-0.2, -0.15) is 0 Å². The van der Waals surface area contributed by atoms with E-state index in [1.807, 2.05) is 27.0 Å². The summed E-state index contributed by atoms with van der Waals surface area (Å²) in [6, 6.07) is 8.32. The maximum atomic E-state index is 13.6. The molecule has 0 amide bonds. The molecule has 3 nitrogen and oxygen atoms in total. The molecule has 1 N–H and O–H groups in total. The van der Waals surface area contributed by atoms with Crippen molar-refractivity contribution in [3.05, 3.63) is 53.0 Å². The molecule has 0 aliphatic rings. The predicted octanol–water partition coefficient (Wildman–Crippen LogP) is 3.35. The van der Waals surface area contributed by atoms with E-state index in [1.54, 1.807) is 18.2 Å². The molecule has 0 radical (unpaired) electrons. The first-order valence-corrected chi connectivity index (χ1v) is 6.16. The monoisotopic (exact) mass is 260 g/mol. The van der Waals surface area contributed by atoms with Gasteiger partial charge in [0.05, 0.1) is 0 Å². The number of aromatic nitrogens is 1. The van der Waals surface area contributed by atoms with Crippen molar-refractivity contribution in [1.82, 2.24) is 10.3 Å². The van der Waals surface area contributed by atoms with Gasteiger partial charge in [-0.3, -0.25) is 0 Å². The van der Waals surface area contributed by atoms with Crippen LogP contribution < -0.4 is 10.1 Å². The van der Waals surface area contributed by atoms with Crippen LogP contribution in [0.25, 0.3) is 0 Å². The Labute approximate surface area is 112 Å². The molecule has 2 rings (SSSR count). The fourth-order valence-electron chi connectivity index (χ4n) is 1.94. The Hall–Kier alpha value is -1.94. The SMILES string of the molecule is CNCc1c(C)cc(C)nc1Oc1ccccc1F. The largest absolute Gasteiger partial charge is 0.436 e. The number of ether oxygens (including phenoxy) is 1. The van der Waals surface area contributed by atoms with E-state index in [9.17, 15) is 4.39 Å². The molecule has 1 heterocycles. The summed E-state index contributed by atoms with van der Waals surface area (Å²) in [7, 11) is 1.85. The van der Waals surface area contributed by atoms with Gasteiger partial charge in [-0.1, -0.05) is 12.1 Å². The van der Waals surface area contributed by atoms with Crippen LogP contribution in [0.5, 0.6) is 11.6 Å². The molecule has 4 heteroatoms. The van der Waals surface area contributed by atoms with Gasteiger partial charge >= 0.3 is 0 Å². The summed E-state index contributed by atoms with van der Waals surface area (Å²) in [6.07, 6.45) is 0. The van der Waals surface area contributed by atoms with E-state index in [4.69, 9.17) is 4.74 Å². The van der Waals surface area contributed by atoms with Crippen molar-refractivity contribution in [2.24, 2.45) is 0 Å². The molecule has 0 saturated heterocycles. The lowest BCUT2D eigenvalue weighted by Crippen LogP contribution is -2.10. The zero-order valence-corrected chi connectivity index (χ0v) is 11.3. The van der Waals surface area contributed by atoms with Crippen LogP contribution in [-0.4, -0.2) is 12.0 Å². The van der Waals surface area contributed by atoms with E-state index in [1.165, 1.54) is 6.07 Å². The van der Waals surface area contributed by atoms with Gasteiger partial charge in [0.25, 0.3) is 0 Å². The van der Waals surface area contributed by atoms with Crippen molar-refractivity contribution < 1.29 is 9.13 Å². The Kier molecular flexibility index (Phi) is 4.12. The summed E-state index contributed by atoms with van der Waals surface area (Å²) < 4.78 is 19.3. The molecular weight excluding hydrogens is 243 g/mol. The fourth-order valence-corrected chi connectivity index (χ4v) is 1.94. The highest BCUT2D eigenvalue weighted by atomic mass is 19.1. The number of rotatable bonds is 4. The summed E-state index contributed by atoms with van der Waals surface area (Å²) >= 11 is 0. The molecule has 100 valence electrons. The van der Waals surface area contributed by atoms with Crippen LogP contribution in [0.4, 0.5) is 4.39 Å². The van der Waals surface area contributed by atoms with Crippen LogP contribution in [-0.2, 0) is 6.54 Å². The van der Waals surface area contributed by atoms with Gasteiger partial charge in [0, 0.05) is 17.8 Å². The minimum Gasteiger partial charge on any atom is -0.436 e. The second-order valence-corrected chi connectivity index (χ2v) is 4.43. The third-order valence-electron chi connectivity index (χ3n) is 2.83. The third-order valence-corrected chi connectivity index (χ3v) is 2.83. The molecule has 0 aliphatic heterocycles. The minimum atomic E-state index is -0.390. The lowest BCUT2D eigenvalue weighted by molar-refractivity contribution is 0.420. The van der Waals surface area contributed by atoms with Gasteiger partial charge in [0.1, 0.15) is 0 Å². The Morgan fingerprint density at radius 3 is 2.68 bits per heavy atom. The molecule has 0 atom stereocenters. The molecule has 0 spiro atoms. The lowest BCUT2D eigenvalue weighted by Gasteiger charge is -2.13. The van der Waals surface area contributed by atoms with Crippen LogP contribution in [0.15, 0.2) is 30.3 Å². The summed E-state index contributed by atoms with van der Waals surface area (Å²) in [5.74, 6) is 0.258. The smallest absolute Gasteiger partial charge is 0.224 e. The molecule has 0 fully saturated rings. The number of hydrogen-bond acceptors (Lipinski definition) is 3. The lowest BCUT2D eigenvalue weighted by atomic mass is 10.1. The number of benzene rings is 1.